The third kappa shape index (κ3) is 8.48. The highest BCUT2D eigenvalue weighted by Crippen LogP contribution is 2.53. The third-order valence-corrected chi connectivity index (χ3v) is 8.20. The molecule has 0 amide bonds. The van der Waals surface area contributed by atoms with Crippen LogP contribution in [-0.4, -0.2) is 66.9 Å². The number of phosphoric acid groups is 1. The summed E-state index contributed by atoms with van der Waals surface area (Å²) in [6, 6.07) is 12.4. The van der Waals surface area contributed by atoms with Crippen LogP contribution in [0.3, 0.4) is 0 Å². The van der Waals surface area contributed by atoms with E-state index in [0.717, 1.165) is 0 Å². The SMILES string of the molecule is COc1ccc(/C=C\c2cc(OC)c(OC)c(OC)c2)c(OP(=O)(O)Oc2c(/C=C\c3cc(OC)c(OC)c(OC)c3)ccc(OC)c2O)c1[O-]. The van der Waals surface area contributed by atoms with Gasteiger partial charge in [-0.05, 0) is 65.4 Å². The molecule has 4 aromatic rings. The van der Waals surface area contributed by atoms with E-state index in [1.54, 1.807) is 36.4 Å². The molecule has 0 bridgehead atoms. The number of phosphoric ester groups is 1. The first-order chi connectivity index (χ1) is 24.5. The van der Waals surface area contributed by atoms with E-state index >= 15 is 0 Å². The van der Waals surface area contributed by atoms with Gasteiger partial charge in [-0.15, -0.1) is 0 Å². The van der Waals surface area contributed by atoms with Gasteiger partial charge in [-0.2, -0.15) is 0 Å². The molecule has 272 valence electrons. The van der Waals surface area contributed by atoms with Crippen molar-refractivity contribution in [3.8, 4) is 69.0 Å². The standard InChI is InChI=1S/C36H39O14P/c1-41-25-15-13-23(11-9-21-17-27(43-3)35(47-7)28(18-21)44-4)33(31(25)37)49-51(39,40)50-34-24(14-16-26(42-2)32(34)38)12-10-22-19-29(45-5)36(48-8)30(20-22)46-6/h9-20,37-38H,1-8H3,(H,39,40)/p-1/b11-9-,12-10-. The van der Waals surface area contributed by atoms with Gasteiger partial charge >= 0.3 is 7.82 Å². The van der Waals surface area contributed by atoms with Crippen molar-refractivity contribution in [1.29, 1.82) is 0 Å². The van der Waals surface area contributed by atoms with Gasteiger partial charge < -0.3 is 57.2 Å². The van der Waals surface area contributed by atoms with Crippen LogP contribution in [0.1, 0.15) is 22.3 Å². The molecule has 4 rings (SSSR count). The molecule has 1 unspecified atom stereocenters. The Labute approximate surface area is 295 Å². The van der Waals surface area contributed by atoms with Crippen molar-refractivity contribution in [3.05, 3.63) is 70.8 Å². The molecule has 0 aliphatic carbocycles. The molecule has 0 aromatic heterocycles. The van der Waals surface area contributed by atoms with Crippen LogP contribution in [-0.2, 0) is 4.57 Å². The highest BCUT2D eigenvalue weighted by atomic mass is 31.2. The fraction of sp³-hybridized carbons (Fsp3) is 0.222. The smallest absolute Gasteiger partial charge is 0.585 e. The first-order valence-electron chi connectivity index (χ1n) is 14.9. The van der Waals surface area contributed by atoms with Crippen molar-refractivity contribution in [2.24, 2.45) is 0 Å². The van der Waals surface area contributed by atoms with Gasteiger partial charge in [-0.1, -0.05) is 24.3 Å². The van der Waals surface area contributed by atoms with Gasteiger partial charge in [0.25, 0.3) is 0 Å². The minimum atomic E-state index is -5.22. The predicted molar refractivity (Wildman–Crippen MR) is 188 cm³/mol. The number of phenols is 1. The summed E-state index contributed by atoms with van der Waals surface area (Å²) >= 11 is 0. The molecule has 0 heterocycles. The second-order valence-electron chi connectivity index (χ2n) is 10.3. The van der Waals surface area contributed by atoms with Gasteiger partial charge in [0.1, 0.15) is 11.5 Å². The molecule has 15 heteroatoms. The summed E-state index contributed by atoms with van der Waals surface area (Å²) < 4.78 is 67.2. The lowest BCUT2D eigenvalue weighted by Crippen LogP contribution is -2.06. The second-order valence-corrected chi connectivity index (χ2v) is 11.6. The maximum atomic E-state index is 13.6. The average Bonchev–Trinajstić information content (AvgIpc) is 3.14. The first-order valence-corrected chi connectivity index (χ1v) is 16.4. The van der Waals surface area contributed by atoms with E-state index in [2.05, 4.69) is 0 Å². The number of hydrogen-bond donors (Lipinski definition) is 2. The predicted octanol–water partition coefficient (Wildman–Crippen LogP) is 6.43. The molecule has 0 aliphatic heterocycles. The number of hydrogen-bond acceptors (Lipinski definition) is 13. The summed E-state index contributed by atoms with van der Waals surface area (Å²) in [7, 11) is 6.18. The van der Waals surface area contributed by atoms with E-state index in [0.29, 0.717) is 45.6 Å². The monoisotopic (exact) mass is 725 g/mol. The molecule has 1 atom stereocenters. The van der Waals surface area contributed by atoms with Crippen LogP contribution < -0.4 is 52.0 Å². The quantitative estimate of drug-likeness (QED) is 0.0955. The molecular formula is C36H38O14P-. The Hall–Kier alpha value is -5.85. The van der Waals surface area contributed by atoms with Gasteiger partial charge in [0.05, 0.1) is 56.9 Å². The maximum absolute atomic E-state index is 13.6. The highest BCUT2D eigenvalue weighted by Gasteiger charge is 2.31. The van der Waals surface area contributed by atoms with Crippen LogP contribution in [0.4, 0.5) is 0 Å². The lowest BCUT2D eigenvalue weighted by Gasteiger charge is -2.23. The molecule has 0 spiro atoms. The van der Waals surface area contributed by atoms with Crippen LogP contribution in [0.2, 0.25) is 0 Å². The van der Waals surface area contributed by atoms with E-state index in [1.807, 2.05) is 0 Å². The number of rotatable bonds is 16. The Balaban J connectivity index is 1.74. The van der Waals surface area contributed by atoms with E-state index in [4.69, 9.17) is 46.9 Å². The van der Waals surface area contributed by atoms with E-state index in [1.165, 1.54) is 93.3 Å². The molecule has 0 fully saturated rings. The zero-order valence-electron chi connectivity index (χ0n) is 29.2. The Kier molecular flexibility index (Phi) is 12.4. The fourth-order valence-electron chi connectivity index (χ4n) is 4.92. The van der Waals surface area contributed by atoms with Crippen molar-refractivity contribution in [1.82, 2.24) is 0 Å². The largest absolute Gasteiger partial charge is 0.867 e. The van der Waals surface area contributed by atoms with Crippen molar-refractivity contribution in [2.45, 2.75) is 0 Å². The number of phenolic OH excluding ortho intramolecular Hbond substituents is 1. The number of aromatic hydroxyl groups is 1. The normalized spacial score (nSPS) is 12.3. The van der Waals surface area contributed by atoms with Gasteiger partial charge in [-0.25, -0.2) is 4.57 Å². The average molecular weight is 726 g/mol. The van der Waals surface area contributed by atoms with Crippen LogP contribution in [0.5, 0.6) is 69.0 Å². The lowest BCUT2D eigenvalue weighted by atomic mass is 10.1. The van der Waals surface area contributed by atoms with Gasteiger partial charge in [0, 0.05) is 11.1 Å². The number of methoxy groups -OCH3 is 8. The maximum Gasteiger partial charge on any atom is 0.585 e. The molecule has 14 nitrogen and oxygen atoms in total. The summed E-state index contributed by atoms with van der Waals surface area (Å²) in [5.41, 5.74) is 1.41. The zero-order chi connectivity index (χ0) is 37.3. The molecule has 4 aromatic carbocycles. The van der Waals surface area contributed by atoms with Crippen molar-refractivity contribution in [3.63, 3.8) is 0 Å². The first kappa shape index (κ1) is 38.0. The molecule has 0 aliphatic rings. The summed E-state index contributed by atoms with van der Waals surface area (Å²) in [6.07, 6.45) is 6.20. The molecule has 0 saturated carbocycles. The topological polar surface area (TPSA) is 173 Å². The molecular weight excluding hydrogens is 687 g/mol. The Morgan fingerprint density at radius 1 is 0.510 bits per heavy atom. The molecule has 2 N–H and O–H groups in total. The summed E-state index contributed by atoms with van der Waals surface area (Å²) in [6.45, 7) is 0. The van der Waals surface area contributed by atoms with Gasteiger partial charge in [-0.3, -0.25) is 4.89 Å². The number of benzene rings is 4. The molecule has 51 heavy (non-hydrogen) atoms. The van der Waals surface area contributed by atoms with E-state index < -0.39 is 30.8 Å². The van der Waals surface area contributed by atoms with Crippen molar-refractivity contribution < 1.29 is 66.6 Å². The molecule has 0 saturated heterocycles. The van der Waals surface area contributed by atoms with E-state index in [9.17, 15) is 19.7 Å². The second kappa shape index (κ2) is 16.7. The van der Waals surface area contributed by atoms with Gasteiger partial charge in [0.2, 0.25) is 17.2 Å². The third-order valence-electron chi connectivity index (χ3n) is 7.37. The Morgan fingerprint density at radius 3 is 1.27 bits per heavy atom. The van der Waals surface area contributed by atoms with Gasteiger partial charge in [0.15, 0.2) is 34.5 Å². The van der Waals surface area contributed by atoms with Crippen molar-refractivity contribution >= 4 is 32.1 Å². The Bertz CT molecular complexity index is 1780. The van der Waals surface area contributed by atoms with Crippen LogP contribution in [0.25, 0.3) is 24.3 Å². The van der Waals surface area contributed by atoms with Crippen LogP contribution in [0.15, 0.2) is 48.5 Å². The van der Waals surface area contributed by atoms with Crippen LogP contribution >= 0.6 is 7.82 Å². The zero-order valence-corrected chi connectivity index (χ0v) is 30.1. The van der Waals surface area contributed by atoms with E-state index in [-0.39, 0.29) is 22.6 Å². The fourth-order valence-corrected chi connectivity index (χ4v) is 5.80. The van der Waals surface area contributed by atoms with Crippen LogP contribution in [0, 0.1) is 0 Å². The summed E-state index contributed by atoms with van der Waals surface area (Å²) in [5.74, 6) is -0.363. The number of ether oxygens (including phenoxy) is 8. The summed E-state index contributed by atoms with van der Waals surface area (Å²) in [5, 5.41) is 24.4. The molecule has 0 radical (unpaired) electrons. The minimum Gasteiger partial charge on any atom is -0.867 e. The lowest BCUT2D eigenvalue weighted by molar-refractivity contribution is -0.271. The Morgan fingerprint density at radius 2 is 0.882 bits per heavy atom. The highest BCUT2D eigenvalue weighted by molar-refractivity contribution is 7.48. The minimum absolute atomic E-state index is 0.0604. The summed E-state index contributed by atoms with van der Waals surface area (Å²) in [4.78, 5) is 11.0. The van der Waals surface area contributed by atoms with Crippen molar-refractivity contribution in [2.75, 3.05) is 56.9 Å².